The molecule has 20 nitrogen and oxygen atoms in total. The fourth-order valence-electron chi connectivity index (χ4n) is 4.97. The van der Waals surface area contributed by atoms with Gasteiger partial charge in [-0.15, -0.1) is 0 Å². The highest BCUT2D eigenvalue weighted by atomic mass is 35.5. The lowest BCUT2D eigenvalue weighted by Crippen LogP contribution is -2.31. The predicted molar refractivity (Wildman–Crippen MR) is 214 cm³/mol. The molecule has 0 bridgehead atoms. The first kappa shape index (κ1) is 44.9. The highest BCUT2D eigenvalue weighted by Gasteiger charge is 2.19. The Labute approximate surface area is 356 Å². The molecule has 3 N–H and O–H groups in total. The molecule has 60 heavy (non-hydrogen) atoms. The highest BCUT2D eigenvalue weighted by Crippen LogP contribution is 2.36. The van der Waals surface area contributed by atoms with Gasteiger partial charge in [0.05, 0.1) is 60.4 Å². The van der Waals surface area contributed by atoms with Crippen molar-refractivity contribution in [3.05, 3.63) is 157 Å². The molecular formula is C35H25Cl4N10O10P. The molecule has 0 saturated carbocycles. The summed E-state index contributed by atoms with van der Waals surface area (Å²) >= 11 is 23.6. The molecule has 2 aromatic carbocycles. The molecule has 4 aromatic heterocycles. The Morgan fingerprint density at radius 1 is 0.717 bits per heavy atom. The van der Waals surface area contributed by atoms with Crippen LogP contribution in [0.25, 0.3) is 0 Å². The molecule has 0 saturated heterocycles. The van der Waals surface area contributed by atoms with Crippen molar-refractivity contribution < 1.29 is 28.3 Å². The summed E-state index contributed by atoms with van der Waals surface area (Å²) in [7, 11) is -4.86. The number of nitriles is 2. The summed E-state index contributed by atoms with van der Waals surface area (Å²) in [5.41, 5.74) is -1.10. The largest absolute Gasteiger partial charge is 0.471 e. The molecule has 6 aromatic rings. The molecule has 0 aliphatic carbocycles. The summed E-state index contributed by atoms with van der Waals surface area (Å²) in [6.07, 6.45) is 2.49. The normalized spacial score (nSPS) is 10.9. The zero-order valence-electron chi connectivity index (χ0n) is 30.5. The van der Waals surface area contributed by atoms with Crippen molar-refractivity contribution in [1.82, 2.24) is 39.1 Å². The molecule has 4 heterocycles. The predicted octanol–water partition coefficient (Wildman–Crippen LogP) is 4.85. The SMILES string of the molecule is Cc1ncn(Cc2cc(Cl)n[nH]c2=O)c(=O)c1Oc1cc(Cl)cc(C#N)c1.Cc1ncn(Cc2cc(Cl)nn(COP(=O)(O)O)c2=O)c(=O)c1Oc1cc(Cl)cc(C#N)c1. The van der Waals surface area contributed by atoms with Gasteiger partial charge in [-0.25, -0.2) is 24.3 Å². The summed E-state index contributed by atoms with van der Waals surface area (Å²) in [6, 6.07) is 15.1. The van der Waals surface area contributed by atoms with Gasteiger partial charge in [0.2, 0.25) is 11.5 Å². The smallest absolute Gasteiger partial charge is 0.450 e. The first-order chi connectivity index (χ1) is 28.3. The second kappa shape index (κ2) is 19.3. The number of H-pyrrole nitrogens is 1. The number of hydrogen-bond acceptors (Lipinski definition) is 14. The second-order valence-corrected chi connectivity index (χ2v) is 14.9. The van der Waals surface area contributed by atoms with Crippen LogP contribution in [0.4, 0.5) is 0 Å². The Kier molecular flexibility index (Phi) is 14.4. The number of ether oxygens (including phenoxy) is 2. The average molecular weight is 918 g/mol. The number of nitrogens with one attached hydrogen (secondary N) is 1. The lowest BCUT2D eigenvalue weighted by atomic mass is 10.2. The molecule has 0 aliphatic heterocycles. The third kappa shape index (κ3) is 11.7. The van der Waals surface area contributed by atoms with E-state index in [9.17, 15) is 23.7 Å². The van der Waals surface area contributed by atoms with Crippen LogP contribution in [-0.4, -0.2) is 48.9 Å². The molecule has 0 spiro atoms. The Bertz CT molecular complexity index is 3010. The van der Waals surface area contributed by atoms with E-state index in [1.165, 1.54) is 72.7 Å². The van der Waals surface area contributed by atoms with Gasteiger partial charge in [0.1, 0.15) is 21.8 Å². The molecule has 0 amide bonds. The van der Waals surface area contributed by atoms with E-state index in [4.69, 9.17) is 76.2 Å². The Morgan fingerprint density at radius 2 is 1.20 bits per heavy atom. The molecule has 0 unspecified atom stereocenters. The Morgan fingerprint density at radius 3 is 1.68 bits per heavy atom. The van der Waals surface area contributed by atoms with Crippen molar-refractivity contribution in [2.45, 2.75) is 33.7 Å². The van der Waals surface area contributed by atoms with Gasteiger partial charge in [0.25, 0.3) is 22.2 Å². The van der Waals surface area contributed by atoms with Crippen molar-refractivity contribution in [3.8, 4) is 35.1 Å². The summed E-state index contributed by atoms with van der Waals surface area (Å²) in [6.45, 7) is 1.90. The summed E-state index contributed by atoms with van der Waals surface area (Å²) in [5.74, 6) is 0.167. The summed E-state index contributed by atoms with van der Waals surface area (Å²) in [4.78, 5) is 76.1. The fourth-order valence-corrected chi connectivity index (χ4v) is 6.07. The molecule has 25 heteroatoms. The number of aromatic amines is 1. The van der Waals surface area contributed by atoms with E-state index < -0.39 is 36.8 Å². The molecule has 6 rings (SSSR count). The number of hydrogen-bond donors (Lipinski definition) is 3. The third-order valence-electron chi connectivity index (χ3n) is 7.69. The van der Waals surface area contributed by atoms with E-state index in [1.807, 2.05) is 12.1 Å². The van der Waals surface area contributed by atoms with Gasteiger partial charge in [-0.1, -0.05) is 46.4 Å². The number of phosphoric ester groups is 1. The van der Waals surface area contributed by atoms with E-state index in [-0.39, 0.29) is 79.4 Å². The van der Waals surface area contributed by atoms with Gasteiger partial charge in [0.15, 0.2) is 6.73 Å². The van der Waals surface area contributed by atoms with Crippen LogP contribution in [0.3, 0.4) is 0 Å². The highest BCUT2D eigenvalue weighted by molar-refractivity contribution is 7.46. The van der Waals surface area contributed by atoms with Crippen LogP contribution < -0.4 is 31.7 Å². The maximum Gasteiger partial charge on any atom is 0.471 e. The summed E-state index contributed by atoms with van der Waals surface area (Å²) < 4.78 is 29.3. The van der Waals surface area contributed by atoms with Gasteiger partial charge in [0, 0.05) is 21.2 Å². The zero-order valence-corrected chi connectivity index (χ0v) is 34.5. The minimum Gasteiger partial charge on any atom is -0.450 e. The summed E-state index contributed by atoms with van der Waals surface area (Å²) in [5, 5.41) is 28.0. The number of phosphoric acid groups is 1. The molecule has 0 radical (unpaired) electrons. The van der Waals surface area contributed by atoms with E-state index in [0.29, 0.717) is 15.4 Å². The van der Waals surface area contributed by atoms with Crippen molar-refractivity contribution in [1.29, 1.82) is 10.5 Å². The van der Waals surface area contributed by atoms with Crippen molar-refractivity contribution in [2.75, 3.05) is 0 Å². The van der Waals surface area contributed by atoms with E-state index >= 15 is 0 Å². The topological polar surface area (TPSA) is 283 Å². The quantitative estimate of drug-likeness (QED) is 0.146. The van der Waals surface area contributed by atoms with Gasteiger partial charge in [-0.3, -0.25) is 32.8 Å². The number of aryl methyl sites for hydroxylation is 2. The monoisotopic (exact) mass is 916 g/mol. The van der Waals surface area contributed by atoms with E-state index in [1.54, 1.807) is 6.92 Å². The maximum atomic E-state index is 13.0. The first-order valence-electron chi connectivity index (χ1n) is 16.4. The van der Waals surface area contributed by atoms with Crippen LogP contribution in [0.5, 0.6) is 23.0 Å². The minimum absolute atomic E-state index is 0.0301. The van der Waals surface area contributed by atoms with Gasteiger partial charge < -0.3 is 19.3 Å². The molecule has 0 aliphatic rings. The van der Waals surface area contributed by atoms with E-state index in [0.717, 1.165) is 4.57 Å². The molecule has 0 atom stereocenters. The van der Waals surface area contributed by atoms with Crippen LogP contribution in [0, 0.1) is 36.5 Å². The van der Waals surface area contributed by atoms with Crippen molar-refractivity contribution >= 4 is 54.2 Å². The van der Waals surface area contributed by atoms with Gasteiger partial charge >= 0.3 is 7.82 Å². The fraction of sp³-hybridized carbons (Fsp3) is 0.143. The molecule has 0 fully saturated rings. The average Bonchev–Trinajstić information content (AvgIpc) is 3.18. The Hall–Kier alpha value is -6.19. The Balaban J connectivity index is 0.000000232. The first-order valence-corrected chi connectivity index (χ1v) is 19.5. The number of rotatable bonds is 11. The van der Waals surface area contributed by atoms with Crippen molar-refractivity contribution in [3.63, 3.8) is 0 Å². The van der Waals surface area contributed by atoms with Gasteiger partial charge in [-0.2, -0.15) is 20.7 Å². The van der Waals surface area contributed by atoms with Crippen LogP contribution >= 0.6 is 54.2 Å². The number of aromatic nitrogens is 8. The molecule has 308 valence electrons. The van der Waals surface area contributed by atoms with Crippen LogP contribution in [0.15, 0.2) is 80.4 Å². The van der Waals surface area contributed by atoms with Crippen molar-refractivity contribution in [2.24, 2.45) is 0 Å². The van der Waals surface area contributed by atoms with Crippen LogP contribution in [0.1, 0.15) is 33.6 Å². The zero-order chi connectivity index (χ0) is 43.9. The number of halogens is 4. The molecular weight excluding hydrogens is 893 g/mol. The number of nitrogens with zero attached hydrogens (tertiary/aromatic N) is 9. The van der Waals surface area contributed by atoms with Gasteiger partial charge in [-0.05, 0) is 62.4 Å². The third-order valence-corrected chi connectivity index (χ3v) is 8.95. The van der Waals surface area contributed by atoms with Crippen LogP contribution in [0.2, 0.25) is 20.4 Å². The van der Waals surface area contributed by atoms with E-state index in [2.05, 4.69) is 29.8 Å². The minimum atomic E-state index is -4.86. The lowest BCUT2D eigenvalue weighted by molar-refractivity contribution is 0.141. The number of benzene rings is 2. The van der Waals surface area contributed by atoms with Crippen LogP contribution in [-0.2, 0) is 28.9 Å². The lowest BCUT2D eigenvalue weighted by Gasteiger charge is -2.13. The maximum absolute atomic E-state index is 13.0. The second-order valence-electron chi connectivity index (χ2n) is 12.1. The standard InChI is InChI=1S/C18H14Cl2N5O7P.C17H11Cl2N5O3/c1-10-16(32-14-3-11(6-21)2-13(19)5-14)18(27)24(8-22-10)7-12-4-15(20)23-25(17(12)26)9-31-33(28,29)30;1-9-15(27-13-3-10(6-20)2-12(18)5-13)17(26)24(8-21-9)7-11-4-14(19)22-23-16(11)25/h2-5,8H,7,9H2,1H3,(H2,28,29,30);2-5,8H,7H2,1H3,(H,23,25).